The monoisotopic (exact) mass is 430 g/mol. The van der Waals surface area contributed by atoms with E-state index in [1.807, 2.05) is 54.6 Å². The third-order valence-electron chi connectivity index (χ3n) is 6.19. The Morgan fingerprint density at radius 3 is 2.50 bits per heavy atom. The first-order chi connectivity index (χ1) is 15.7. The molecule has 3 heterocycles. The van der Waals surface area contributed by atoms with Crippen LogP contribution >= 0.6 is 0 Å². The summed E-state index contributed by atoms with van der Waals surface area (Å²) >= 11 is 0. The molecule has 0 bridgehead atoms. The Hall–Kier alpha value is -3.29. The van der Waals surface area contributed by atoms with Crippen LogP contribution in [0.4, 0.5) is 5.82 Å². The Morgan fingerprint density at radius 1 is 1.00 bits per heavy atom. The molecule has 1 atom stereocenters. The molecule has 3 aromatic rings. The van der Waals surface area contributed by atoms with Crippen molar-refractivity contribution in [1.29, 1.82) is 0 Å². The lowest BCUT2D eigenvalue weighted by Crippen LogP contribution is -2.31. The maximum atomic E-state index is 13.2. The van der Waals surface area contributed by atoms with E-state index < -0.39 is 0 Å². The zero-order chi connectivity index (χ0) is 21.9. The predicted octanol–water partition coefficient (Wildman–Crippen LogP) is 3.79. The number of carbonyl (C=O) groups excluding carboxylic acids is 1. The van der Waals surface area contributed by atoms with Crippen LogP contribution in [-0.2, 0) is 9.47 Å². The molecule has 1 unspecified atom stereocenters. The van der Waals surface area contributed by atoms with Crippen molar-refractivity contribution in [3.63, 3.8) is 0 Å². The summed E-state index contributed by atoms with van der Waals surface area (Å²) in [6, 6.07) is 17.3. The van der Waals surface area contributed by atoms with Gasteiger partial charge in [-0.1, -0.05) is 42.5 Å². The summed E-state index contributed by atoms with van der Waals surface area (Å²) < 4.78 is 11.1. The highest BCUT2D eigenvalue weighted by Crippen LogP contribution is 2.31. The van der Waals surface area contributed by atoms with Crippen molar-refractivity contribution in [3.8, 4) is 11.3 Å². The molecule has 2 saturated heterocycles. The first-order valence-corrected chi connectivity index (χ1v) is 10.9. The summed E-state index contributed by atoms with van der Waals surface area (Å²) in [7, 11) is 0. The lowest BCUT2D eigenvalue weighted by molar-refractivity contribution is 0.0659. The van der Waals surface area contributed by atoms with Gasteiger partial charge in [0.05, 0.1) is 24.5 Å². The second-order valence-corrected chi connectivity index (χ2v) is 8.19. The van der Waals surface area contributed by atoms with Crippen LogP contribution in [0.15, 0.2) is 60.8 Å². The van der Waals surface area contributed by atoms with E-state index >= 15 is 0 Å². The van der Waals surface area contributed by atoms with Crippen LogP contribution in [0.25, 0.3) is 11.3 Å². The summed E-state index contributed by atoms with van der Waals surface area (Å²) in [5.41, 5.74) is 10.3. The molecule has 2 aliphatic heterocycles. The molecule has 2 fully saturated rings. The molecule has 7 heteroatoms. The van der Waals surface area contributed by atoms with Crippen LogP contribution in [0.5, 0.6) is 0 Å². The smallest absolute Gasteiger partial charge is 0.256 e. The quantitative estimate of drug-likeness (QED) is 0.677. The number of hydrogen-bond donors (Lipinski definition) is 1. The first kappa shape index (κ1) is 20.6. The summed E-state index contributed by atoms with van der Waals surface area (Å²) in [6.07, 6.45) is 3.64. The minimum absolute atomic E-state index is 0.0575. The van der Waals surface area contributed by atoms with Crippen molar-refractivity contribution in [2.24, 2.45) is 0 Å². The van der Waals surface area contributed by atoms with Crippen molar-refractivity contribution in [3.05, 3.63) is 77.6 Å². The van der Waals surface area contributed by atoms with Gasteiger partial charge in [-0.25, -0.2) is 9.97 Å². The molecule has 1 aromatic heterocycles. The Morgan fingerprint density at radius 2 is 1.75 bits per heavy atom. The van der Waals surface area contributed by atoms with Gasteiger partial charge in [-0.3, -0.25) is 4.79 Å². The van der Waals surface area contributed by atoms with Gasteiger partial charge < -0.3 is 20.1 Å². The molecule has 5 rings (SSSR count). The van der Waals surface area contributed by atoms with Crippen molar-refractivity contribution >= 4 is 11.7 Å². The number of rotatable bonds is 4. The van der Waals surface area contributed by atoms with Crippen LogP contribution in [0.2, 0.25) is 0 Å². The second-order valence-electron chi connectivity index (χ2n) is 8.19. The van der Waals surface area contributed by atoms with Crippen LogP contribution in [-0.4, -0.2) is 47.3 Å². The summed E-state index contributed by atoms with van der Waals surface area (Å²) in [5.74, 6) is 0.663. The fourth-order valence-electron chi connectivity index (χ4n) is 4.35. The molecule has 2 aromatic carbocycles. The van der Waals surface area contributed by atoms with Crippen LogP contribution in [0, 0.1) is 0 Å². The van der Waals surface area contributed by atoms with E-state index in [0.717, 1.165) is 42.9 Å². The number of nitrogens with two attached hydrogens (primary N) is 1. The Kier molecular flexibility index (Phi) is 5.83. The number of hydrogen-bond acceptors (Lipinski definition) is 6. The van der Waals surface area contributed by atoms with Crippen LogP contribution in [0.3, 0.4) is 0 Å². The van der Waals surface area contributed by atoms with E-state index in [9.17, 15) is 4.79 Å². The van der Waals surface area contributed by atoms with Crippen molar-refractivity contribution < 1.29 is 14.3 Å². The minimum Gasteiger partial charge on any atom is -0.382 e. The molecule has 0 radical (unpaired) electrons. The average molecular weight is 431 g/mol. The highest BCUT2D eigenvalue weighted by Gasteiger charge is 2.31. The Labute approximate surface area is 187 Å². The van der Waals surface area contributed by atoms with Crippen molar-refractivity contribution in [2.45, 2.75) is 24.8 Å². The van der Waals surface area contributed by atoms with Gasteiger partial charge in [-0.05, 0) is 30.5 Å². The maximum absolute atomic E-state index is 13.2. The van der Waals surface area contributed by atoms with E-state index in [-0.39, 0.29) is 18.7 Å². The minimum atomic E-state index is -0.0824. The van der Waals surface area contributed by atoms with E-state index in [1.165, 1.54) is 0 Å². The van der Waals surface area contributed by atoms with Gasteiger partial charge in [0.15, 0.2) is 0 Å². The van der Waals surface area contributed by atoms with E-state index in [0.29, 0.717) is 29.6 Å². The standard InChI is InChI=1S/C25H26N4O3/c26-24-23(28-21(14-27-24)17-10-12-31-13-11-17)19-6-8-20(9-7-19)25(30)29-16-32-15-22(29)18-4-2-1-3-5-18/h1-9,14,17,22H,10-13,15-16H2,(H2,26,27). The predicted molar refractivity (Wildman–Crippen MR) is 121 cm³/mol. The molecule has 0 aliphatic carbocycles. The summed E-state index contributed by atoms with van der Waals surface area (Å²) in [5, 5.41) is 0. The second kappa shape index (κ2) is 9.06. The highest BCUT2D eigenvalue weighted by atomic mass is 16.5. The molecule has 1 amide bonds. The fraction of sp³-hybridized carbons (Fsp3) is 0.320. The molecule has 32 heavy (non-hydrogen) atoms. The van der Waals surface area contributed by atoms with E-state index in [4.69, 9.17) is 20.2 Å². The van der Waals surface area contributed by atoms with Gasteiger partial charge >= 0.3 is 0 Å². The molecular weight excluding hydrogens is 404 g/mol. The maximum Gasteiger partial charge on any atom is 0.256 e. The molecular formula is C25H26N4O3. The van der Waals surface area contributed by atoms with Gasteiger partial charge in [0.2, 0.25) is 0 Å². The lowest BCUT2D eigenvalue weighted by atomic mass is 9.96. The van der Waals surface area contributed by atoms with Crippen molar-refractivity contribution in [1.82, 2.24) is 14.9 Å². The molecule has 7 nitrogen and oxygen atoms in total. The number of nitrogens with zero attached hydrogens (tertiary/aromatic N) is 3. The zero-order valence-electron chi connectivity index (χ0n) is 17.8. The normalized spacial score (nSPS) is 19.2. The summed E-state index contributed by atoms with van der Waals surface area (Å²) in [6.45, 7) is 2.27. The van der Waals surface area contributed by atoms with Crippen molar-refractivity contribution in [2.75, 3.05) is 32.3 Å². The fourth-order valence-corrected chi connectivity index (χ4v) is 4.35. The lowest BCUT2D eigenvalue weighted by Gasteiger charge is -2.23. The number of benzene rings is 2. The molecule has 0 spiro atoms. The zero-order valence-corrected chi connectivity index (χ0v) is 17.8. The number of anilines is 1. The first-order valence-electron chi connectivity index (χ1n) is 10.9. The van der Waals surface area contributed by atoms with E-state index in [2.05, 4.69) is 4.98 Å². The third kappa shape index (κ3) is 4.09. The molecule has 2 aliphatic rings. The van der Waals surface area contributed by atoms with Gasteiger partial charge in [-0.15, -0.1) is 0 Å². The largest absolute Gasteiger partial charge is 0.382 e. The summed E-state index contributed by atoms with van der Waals surface area (Å²) in [4.78, 5) is 24.1. The molecule has 2 N–H and O–H groups in total. The number of amides is 1. The van der Waals surface area contributed by atoms with Crippen LogP contribution < -0.4 is 5.73 Å². The van der Waals surface area contributed by atoms with Gasteiger partial charge in [0.25, 0.3) is 5.91 Å². The number of aromatic nitrogens is 2. The highest BCUT2D eigenvalue weighted by molar-refractivity contribution is 5.95. The van der Waals surface area contributed by atoms with Crippen LogP contribution in [0.1, 0.15) is 46.4 Å². The molecule has 164 valence electrons. The number of carbonyl (C=O) groups is 1. The average Bonchev–Trinajstić information content (AvgIpc) is 3.35. The van der Waals surface area contributed by atoms with Gasteiger partial charge in [0.1, 0.15) is 18.2 Å². The number of ether oxygens (including phenoxy) is 2. The van der Waals surface area contributed by atoms with Gasteiger partial charge in [0, 0.05) is 30.3 Å². The Bertz CT molecular complexity index is 1080. The Balaban J connectivity index is 1.37. The molecule has 0 saturated carbocycles. The SMILES string of the molecule is Nc1ncc(C2CCOCC2)nc1-c1ccc(C(=O)N2COCC2c2ccccc2)cc1. The van der Waals surface area contributed by atoms with E-state index in [1.54, 1.807) is 11.1 Å². The topological polar surface area (TPSA) is 90.6 Å². The van der Waals surface area contributed by atoms with Gasteiger partial charge in [-0.2, -0.15) is 0 Å². The number of nitrogen functional groups attached to an aromatic ring is 1. The third-order valence-corrected chi connectivity index (χ3v) is 6.19.